The molecule has 1 aliphatic rings. The van der Waals surface area contributed by atoms with Crippen molar-refractivity contribution in [3.8, 4) is 5.75 Å². The molecule has 1 N–H and O–H groups in total. The molecule has 0 atom stereocenters. The summed E-state index contributed by atoms with van der Waals surface area (Å²) in [5.41, 5.74) is 0. The predicted octanol–water partition coefficient (Wildman–Crippen LogP) is 3.36. The fraction of sp³-hybridized carbons (Fsp3) is 0.538. The van der Waals surface area contributed by atoms with E-state index in [-0.39, 0.29) is 0 Å². The molecular formula is C13H18BrNO. The molecule has 1 saturated carbocycles. The molecule has 2 nitrogen and oxygen atoms in total. The van der Waals surface area contributed by atoms with Crippen molar-refractivity contribution in [1.82, 2.24) is 5.32 Å². The van der Waals surface area contributed by atoms with Crippen LogP contribution >= 0.6 is 15.9 Å². The van der Waals surface area contributed by atoms with Gasteiger partial charge in [-0.3, -0.25) is 0 Å². The zero-order valence-corrected chi connectivity index (χ0v) is 11.0. The molecule has 16 heavy (non-hydrogen) atoms. The van der Waals surface area contributed by atoms with Gasteiger partial charge in [0.2, 0.25) is 0 Å². The molecule has 0 spiro atoms. The molecular weight excluding hydrogens is 266 g/mol. The van der Waals surface area contributed by atoms with Crippen LogP contribution < -0.4 is 10.1 Å². The minimum absolute atomic E-state index is 0.730. The Kier molecular flexibility index (Phi) is 4.67. The molecule has 0 bridgehead atoms. The fourth-order valence-electron chi connectivity index (χ4n) is 2.09. The van der Waals surface area contributed by atoms with E-state index in [1.807, 2.05) is 24.3 Å². The van der Waals surface area contributed by atoms with Crippen molar-refractivity contribution in [3.05, 3.63) is 28.7 Å². The Hall–Kier alpha value is -0.540. The van der Waals surface area contributed by atoms with E-state index in [2.05, 4.69) is 21.2 Å². The highest BCUT2D eigenvalue weighted by atomic mass is 79.9. The van der Waals surface area contributed by atoms with Crippen LogP contribution in [-0.4, -0.2) is 19.2 Å². The fourth-order valence-corrected chi connectivity index (χ4v) is 2.36. The van der Waals surface area contributed by atoms with Crippen molar-refractivity contribution in [2.24, 2.45) is 0 Å². The summed E-state index contributed by atoms with van der Waals surface area (Å²) in [5, 5.41) is 3.53. The third-order valence-corrected chi connectivity index (χ3v) is 3.50. The summed E-state index contributed by atoms with van der Waals surface area (Å²) in [4.78, 5) is 0. The van der Waals surface area contributed by atoms with E-state index in [9.17, 15) is 0 Å². The van der Waals surface area contributed by atoms with Crippen molar-refractivity contribution >= 4 is 15.9 Å². The summed E-state index contributed by atoms with van der Waals surface area (Å²) >= 11 is 3.40. The van der Waals surface area contributed by atoms with Crippen molar-refractivity contribution in [2.75, 3.05) is 13.2 Å². The van der Waals surface area contributed by atoms with Gasteiger partial charge in [-0.1, -0.05) is 28.8 Å². The highest BCUT2D eigenvalue weighted by Crippen LogP contribution is 2.18. The molecule has 0 saturated heterocycles. The maximum atomic E-state index is 5.64. The second kappa shape index (κ2) is 6.26. The normalized spacial score (nSPS) is 16.6. The Labute approximate surface area is 106 Å². The van der Waals surface area contributed by atoms with Gasteiger partial charge in [-0.25, -0.2) is 0 Å². The minimum atomic E-state index is 0.730. The maximum Gasteiger partial charge on any atom is 0.119 e. The first-order chi connectivity index (χ1) is 7.84. The van der Waals surface area contributed by atoms with Crippen LogP contribution in [0.4, 0.5) is 0 Å². The number of nitrogens with one attached hydrogen (secondary N) is 1. The van der Waals surface area contributed by atoms with E-state index < -0.39 is 0 Å². The molecule has 1 aromatic carbocycles. The molecule has 88 valence electrons. The minimum Gasteiger partial charge on any atom is -0.492 e. The van der Waals surface area contributed by atoms with Crippen molar-refractivity contribution in [3.63, 3.8) is 0 Å². The molecule has 0 heterocycles. The topological polar surface area (TPSA) is 21.3 Å². The first kappa shape index (κ1) is 11.9. The third-order valence-electron chi connectivity index (χ3n) is 2.97. The standard InChI is InChI=1S/C13H18BrNO/c14-11-5-7-13(8-6-11)16-10-9-15-12-3-1-2-4-12/h5-8,12,15H,1-4,9-10H2. The van der Waals surface area contributed by atoms with Crippen molar-refractivity contribution < 1.29 is 4.74 Å². The molecule has 2 rings (SSSR count). The highest BCUT2D eigenvalue weighted by molar-refractivity contribution is 9.10. The smallest absolute Gasteiger partial charge is 0.119 e. The first-order valence-corrected chi connectivity index (χ1v) is 6.75. The van der Waals surface area contributed by atoms with Gasteiger partial charge in [0.15, 0.2) is 0 Å². The van der Waals surface area contributed by atoms with Crippen LogP contribution in [0.25, 0.3) is 0 Å². The van der Waals surface area contributed by atoms with Gasteiger partial charge in [0.1, 0.15) is 12.4 Å². The number of rotatable bonds is 5. The Morgan fingerprint density at radius 3 is 2.56 bits per heavy atom. The predicted molar refractivity (Wildman–Crippen MR) is 69.9 cm³/mol. The Balaban J connectivity index is 1.62. The van der Waals surface area contributed by atoms with E-state index >= 15 is 0 Å². The summed E-state index contributed by atoms with van der Waals surface area (Å²) in [6.07, 6.45) is 5.42. The molecule has 0 aromatic heterocycles. The SMILES string of the molecule is Brc1ccc(OCCNC2CCCC2)cc1. The van der Waals surface area contributed by atoms with Crippen LogP contribution in [-0.2, 0) is 0 Å². The molecule has 3 heteroatoms. The van der Waals surface area contributed by atoms with E-state index in [1.165, 1.54) is 25.7 Å². The average Bonchev–Trinajstić information content (AvgIpc) is 2.80. The van der Waals surface area contributed by atoms with Gasteiger partial charge in [-0.2, -0.15) is 0 Å². The number of hydrogen-bond donors (Lipinski definition) is 1. The quantitative estimate of drug-likeness (QED) is 0.837. The molecule has 1 fully saturated rings. The molecule has 0 amide bonds. The molecule has 1 aliphatic carbocycles. The van der Waals surface area contributed by atoms with Crippen molar-refractivity contribution in [2.45, 2.75) is 31.7 Å². The van der Waals surface area contributed by atoms with E-state index in [4.69, 9.17) is 4.74 Å². The largest absolute Gasteiger partial charge is 0.492 e. The molecule has 0 aliphatic heterocycles. The summed E-state index contributed by atoms with van der Waals surface area (Å²) in [5.74, 6) is 0.941. The zero-order valence-electron chi connectivity index (χ0n) is 9.42. The highest BCUT2D eigenvalue weighted by Gasteiger charge is 2.13. The van der Waals surface area contributed by atoms with Gasteiger partial charge in [0, 0.05) is 17.1 Å². The lowest BCUT2D eigenvalue weighted by Crippen LogP contribution is -2.30. The summed E-state index contributed by atoms with van der Waals surface area (Å²) < 4.78 is 6.72. The molecule has 0 unspecified atom stereocenters. The van der Waals surface area contributed by atoms with Crippen LogP contribution in [0.1, 0.15) is 25.7 Å². The second-order valence-electron chi connectivity index (χ2n) is 4.24. The van der Waals surface area contributed by atoms with Gasteiger partial charge in [0.05, 0.1) is 0 Å². The Morgan fingerprint density at radius 2 is 1.88 bits per heavy atom. The lowest BCUT2D eigenvalue weighted by Gasteiger charge is -2.12. The summed E-state index contributed by atoms with van der Waals surface area (Å²) in [6, 6.07) is 8.70. The molecule has 0 radical (unpaired) electrons. The average molecular weight is 284 g/mol. The summed E-state index contributed by atoms with van der Waals surface area (Å²) in [7, 11) is 0. The summed E-state index contributed by atoms with van der Waals surface area (Å²) in [6.45, 7) is 1.69. The van der Waals surface area contributed by atoms with Gasteiger partial charge in [0.25, 0.3) is 0 Å². The third kappa shape index (κ3) is 3.80. The van der Waals surface area contributed by atoms with Crippen LogP contribution in [0.5, 0.6) is 5.75 Å². The lowest BCUT2D eigenvalue weighted by molar-refractivity contribution is 0.305. The number of benzene rings is 1. The van der Waals surface area contributed by atoms with Crippen LogP contribution in [0.15, 0.2) is 28.7 Å². The van der Waals surface area contributed by atoms with E-state index in [1.54, 1.807) is 0 Å². The zero-order chi connectivity index (χ0) is 11.2. The van der Waals surface area contributed by atoms with Gasteiger partial charge in [-0.15, -0.1) is 0 Å². The Morgan fingerprint density at radius 1 is 1.19 bits per heavy atom. The van der Waals surface area contributed by atoms with Gasteiger partial charge in [-0.05, 0) is 37.1 Å². The molecule has 1 aromatic rings. The van der Waals surface area contributed by atoms with Crippen molar-refractivity contribution in [1.29, 1.82) is 0 Å². The Bertz CT molecular complexity index is 306. The van der Waals surface area contributed by atoms with Crippen LogP contribution in [0.3, 0.4) is 0 Å². The van der Waals surface area contributed by atoms with E-state index in [0.29, 0.717) is 0 Å². The van der Waals surface area contributed by atoms with Gasteiger partial charge < -0.3 is 10.1 Å². The van der Waals surface area contributed by atoms with E-state index in [0.717, 1.165) is 29.4 Å². The first-order valence-electron chi connectivity index (χ1n) is 5.96. The number of hydrogen-bond acceptors (Lipinski definition) is 2. The number of halogens is 1. The maximum absolute atomic E-state index is 5.64. The van der Waals surface area contributed by atoms with Gasteiger partial charge >= 0.3 is 0 Å². The van der Waals surface area contributed by atoms with Crippen LogP contribution in [0, 0.1) is 0 Å². The van der Waals surface area contributed by atoms with Crippen LogP contribution in [0.2, 0.25) is 0 Å². The number of ether oxygens (including phenoxy) is 1. The monoisotopic (exact) mass is 283 g/mol. The lowest BCUT2D eigenvalue weighted by atomic mass is 10.2. The second-order valence-corrected chi connectivity index (χ2v) is 5.15.